The maximum Gasteiger partial charge on any atom is 0.250 e. The van der Waals surface area contributed by atoms with Gasteiger partial charge in [0.25, 0.3) is 0 Å². The minimum atomic E-state index is -0.145. The number of carbonyl (C=O) groups excluding carboxylic acids is 1. The van der Waals surface area contributed by atoms with E-state index in [2.05, 4.69) is 42.4 Å². The van der Waals surface area contributed by atoms with Crippen LogP contribution in [0.25, 0.3) is 0 Å². The van der Waals surface area contributed by atoms with Crippen LogP contribution >= 0.6 is 43.6 Å². The smallest absolute Gasteiger partial charge is 0.250 e. The monoisotopic (exact) mass is 484 g/mol. The number of rotatable bonds is 6. The molecule has 2 aromatic rings. The Hall–Kier alpha value is -1.51. The molecule has 1 heterocycles. The van der Waals surface area contributed by atoms with Crippen molar-refractivity contribution in [1.82, 2.24) is 5.43 Å². The molecule has 0 fully saturated rings. The first-order valence-corrected chi connectivity index (χ1v) is 10.1. The molecule has 2 aromatic carbocycles. The molecule has 1 N–H and O–H groups in total. The topological polar surface area (TPSA) is 59.9 Å². The minimum Gasteiger partial charge on any atom is -0.454 e. The van der Waals surface area contributed by atoms with E-state index in [9.17, 15) is 4.79 Å². The summed E-state index contributed by atoms with van der Waals surface area (Å²) in [4.78, 5) is 11.9. The second-order valence-electron chi connectivity index (χ2n) is 5.14. The van der Waals surface area contributed by atoms with Gasteiger partial charge in [-0.15, -0.1) is 11.8 Å². The van der Waals surface area contributed by atoms with Crippen molar-refractivity contribution in [2.75, 3.05) is 12.5 Å². The summed E-state index contributed by atoms with van der Waals surface area (Å²) in [5.41, 5.74) is 4.50. The Labute approximate surface area is 166 Å². The van der Waals surface area contributed by atoms with Crippen molar-refractivity contribution in [2.24, 2.45) is 5.10 Å². The number of ether oxygens (including phenoxy) is 2. The first-order chi connectivity index (χ1) is 12.1. The van der Waals surface area contributed by atoms with Gasteiger partial charge in [0.1, 0.15) is 0 Å². The Morgan fingerprint density at radius 3 is 2.84 bits per heavy atom. The lowest BCUT2D eigenvalue weighted by Gasteiger charge is -2.03. The normalized spacial score (nSPS) is 12.6. The summed E-state index contributed by atoms with van der Waals surface area (Å²) in [5, 5.41) is 4.00. The Morgan fingerprint density at radius 1 is 1.24 bits per heavy atom. The Kier molecular flexibility index (Phi) is 6.39. The maximum absolute atomic E-state index is 11.9. The van der Waals surface area contributed by atoms with E-state index in [1.165, 1.54) is 17.3 Å². The Bertz CT molecular complexity index is 814. The number of amides is 1. The van der Waals surface area contributed by atoms with Crippen LogP contribution in [-0.4, -0.2) is 24.7 Å². The van der Waals surface area contributed by atoms with Gasteiger partial charge in [-0.05, 0) is 45.8 Å². The largest absolute Gasteiger partial charge is 0.454 e. The summed E-state index contributed by atoms with van der Waals surface area (Å²) in [6.07, 6.45) is 1.57. The molecule has 0 saturated heterocycles. The molecule has 0 spiro atoms. The van der Waals surface area contributed by atoms with E-state index in [-0.39, 0.29) is 12.7 Å². The van der Waals surface area contributed by atoms with Crippen LogP contribution in [0.1, 0.15) is 11.1 Å². The summed E-state index contributed by atoms with van der Waals surface area (Å²) in [5.74, 6) is 2.32. The molecule has 0 aromatic heterocycles. The van der Waals surface area contributed by atoms with Crippen LogP contribution in [0.5, 0.6) is 11.5 Å². The molecule has 1 aliphatic rings. The second kappa shape index (κ2) is 8.73. The number of nitrogens with zero attached hydrogens (tertiary/aromatic N) is 1. The van der Waals surface area contributed by atoms with Gasteiger partial charge < -0.3 is 9.47 Å². The Balaban J connectivity index is 1.46. The summed E-state index contributed by atoms with van der Waals surface area (Å²) < 4.78 is 12.5. The van der Waals surface area contributed by atoms with Crippen LogP contribution in [0.15, 0.2) is 50.4 Å². The summed E-state index contributed by atoms with van der Waals surface area (Å²) in [6.45, 7) is 0.217. The lowest BCUT2D eigenvalue weighted by Crippen LogP contribution is -2.19. The number of halogens is 2. The van der Waals surface area contributed by atoms with Crippen molar-refractivity contribution in [3.05, 3.63) is 56.5 Å². The number of nitrogens with one attached hydrogen (secondary N) is 1. The third-order valence-electron chi connectivity index (χ3n) is 3.28. The van der Waals surface area contributed by atoms with Crippen LogP contribution < -0.4 is 14.9 Å². The molecule has 8 heteroatoms. The van der Waals surface area contributed by atoms with E-state index in [0.29, 0.717) is 17.3 Å². The number of hydrazone groups is 1. The van der Waals surface area contributed by atoms with Gasteiger partial charge in [0.15, 0.2) is 11.5 Å². The molecule has 0 saturated carbocycles. The van der Waals surface area contributed by atoms with Gasteiger partial charge in [-0.3, -0.25) is 4.79 Å². The second-order valence-corrected chi connectivity index (χ2v) is 7.90. The molecular weight excluding hydrogens is 472 g/mol. The predicted molar refractivity (Wildman–Crippen MR) is 106 cm³/mol. The van der Waals surface area contributed by atoms with Crippen molar-refractivity contribution < 1.29 is 14.3 Å². The molecule has 5 nitrogen and oxygen atoms in total. The highest BCUT2D eigenvalue weighted by atomic mass is 79.9. The van der Waals surface area contributed by atoms with Crippen molar-refractivity contribution >= 4 is 55.7 Å². The zero-order chi connectivity index (χ0) is 17.6. The molecule has 1 amide bonds. The highest BCUT2D eigenvalue weighted by molar-refractivity contribution is 9.10. The van der Waals surface area contributed by atoms with Gasteiger partial charge in [0.05, 0.1) is 12.0 Å². The molecule has 0 bridgehead atoms. The van der Waals surface area contributed by atoms with E-state index in [0.717, 1.165) is 20.3 Å². The number of benzene rings is 2. The van der Waals surface area contributed by atoms with Crippen LogP contribution in [0.4, 0.5) is 0 Å². The standard InChI is InChI=1S/C17H14Br2N2O3S/c18-13-3-1-2-11(4-13)8-25-9-17(22)21-20-7-12-5-15-16(6-14(12)19)24-10-23-15/h1-7H,8-10H2,(H,21,22)/b20-7-. The third-order valence-corrected chi connectivity index (χ3v) is 5.46. The van der Waals surface area contributed by atoms with Crippen LogP contribution in [-0.2, 0) is 10.5 Å². The fraction of sp³-hybridized carbons (Fsp3) is 0.176. The number of hydrogen-bond donors (Lipinski definition) is 1. The van der Waals surface area contributed by atoms with Crippen LogP contribution in [0.3, 0.4) is 0 Å². The minimum absolute atomic E-state index is 0.145. The lowest BCUT2D eigenvalue weighted by atomic mass is 10.2. The number of hydrogen-bond acceptors (Lipinski definition) is 5. The van der Waals surface area contributed by atoms with E-state index in [1.54, 1.807) is 6.21 Å². The molecule has 0 aliphatic carbocycles. The first-order valence-electron chi connectivity index (χ1n) is 7.35. The molecule has 0 unspecified atom stereocenters. The van der Waals surface area contributed by atoms with Crippen molar-refractivity contribution in [2.45, 2.75) is 5.75 Å². The van der Waals surface area contributed by atoms with Gasteiger partial charge >= 0.3 is 0 Å². The number of thioether (sulfide) groups is 1. The number of carbonyl (C=O) groups is 1. The van der Waals surface area contributed by atoms with Crippen LogP contribution in [0.2, 0.25) is 0 Å². The van der Waals surface area contributed by atoms with E-state index >= 15 is 0 Å². The van der Waals surface area contributed by atoms with Crippen molar-refractivity contribution in [3.8, 4) is 11.5 Å². The van der Waals surface area contributed by atoms with Crippen molar-refractivity contribution in [1.29, 1.82) is 0 Å². The fourth-order valence-electron chi connectivity index (χ4n) is 2.13. The van der Waals surface area contributed by atoms with E-state index in [1.807, 2.05) is 36.4 Å². The highest BCUT2D eigenvalue weighted by Gasteiger charge is 2.15. The molecule has 1 aliphatic heterocycles. The fourth-order valence-corrected chi connectivity index (χ4v) is 3.76. The summed E-state index contributed by atoms with van der Waals surface area (Å²) >= 11 is 8.42. The highest BCUT2D eigenvalue weighted by Crippen LogP contribution is 2.36. The van der Waals surface area contributed by atoms with E-state index < -0.39 is 0 Å². The molecule has 0 radical (unpaired) electrons. The van der Waals surface area contributed by atoms with Gasteiger partial charge in [-0.2, -0.15) is 5.10 Å². The maximum atomic E-state index is 11.9. The Morgan fingerprint density at radius 2 is 2.04 bits per heavy atom. The van der Waals surface area contributed by atoms with Crippen molar-refractivity contribution in [3.63, 3.8) is 0 Å². The van der Waals surface area contributed by atoms with Gasteiger partial charge in [-0.1, -0.05) is 28.1 Å². The first kappa shape index (κ1) is 18.3. The van der Waals surface area contributed by atoms with Gasteiger partial charge in [0.2, 0.25) is 12.7 Å². The average Bonchev–Trinajstić information content (AvgIpc) is 3.02. The van der Waals surface area contributed by atoms with E-state index in [4.69, 9.17) is 9.47 Å². The average molecular weight is 486 g/mol. The quantitative estimate of drug-likeness (QED) is 0.488. The predicted octanol–water partition coefficient (Wildman–Crippen LogP) is 4.32. The van der Waals surface area contributed by atoms with Gasteiger partial charge in [-0.25, -0.2) is 5.43 Å². The molecule has 130 valence electrons. The van der Waals surface area contributed by atoms with Gasteiger partial charge in [0, 0.05) is 20.3 Å². The summed E-state index contributed by atoms with van der Waals surface area (Å²) in [6, 6.07) is 11.7. The SMILES string of the molecule is O=C(CSCc1cccc(Br)c1)N/N=C\c1cc2c(cc1Br)OCO2. The zero-order valence-corrected chi connectivity index (χ0v) is 17.0. The molecule has 0 atom stereocenters. The molecular formula is C17H14Br2N2O3S. The van der Waals surface area contributed by atoms with Crippen LogP contribution in [0, 0.1) is 0 Å². The third kappa shape index (κ3) is 5.23. The lowest BCUT2D eigenvalue weighted by molar-refractivity contribution is -0.118. The molecule has 3 rings (SSSR count). The summed E-state index contributed by atoms with van der Waals surface area (Å²) in [7, 11) is 0. The number of fused-ring (bicyclic) bond motifs is 1. The molecule has 25 heavy (non-hydrogen) atoms. The zero-order valence-electron chi connectivity index (χ0n) is 13.0.